The van der Waals surface area contributed by atoms with Crippen molar-refractivity contribution < 1.29 is 24.2 Å². The van der Waals surface area contributed by atoms with Crippen LogP contribution in [-0.2, 0) is 19.1 Å². The van der Waals surface area contributed by atoms with Gasteiger partial charge >= 0.3 is 11.9 Å². The first kappa shape index (κ1) is 55.5. The fourth-order valence-electron chi connectivity index (χ4n) is 5.96. The lowest BCUT2D eigenvalue weighted by Crippen LogP contribution is -2.28. The van der Waals surface area contributed by atoms with Gasteiger partial charge < -0.3 is 15.2 Å². The number of carboxylic acid groups (broad SMARTS) is 1. The summed E-state index contributed by atoms with van der Waals surface area (Å²) in [6, 6.07) is 0. The lowest BCUT2D eigenvalue weighted by Gasteiger charge is -2.18. The summed E-state index contributed by atoms with van der Waals surface area (Å²) in [5, 5.41) is 11.1. The Labute approximate surface area is 366 Å². The van der Waals surface area contributed by atoms with Crippen molar-refractivity contribution in [2.45, 2.75) is 180 Å². The van der Waals surface area contributed by atoms with Crippen LogP contribution in [0.15, 0.2) is 134 Å². The molecule has 0 aromatic rings. The Morgan fingerprint density at radius 2 is 0.783 bits per heavy atom. The molecule has 0 saturated carbocycles. The molecule has 0 aliphatic carbocycles. The number of rotatable bonds is 40. The van der Waals surface area contributed by atoms with E-state index in [-0.39, 0.29) is 24.5 Å². The minimum atomic E-state index is -1.03. The van der Waals surface area contributed by atoms with Crippen molar-refractivity contribution in [1.29, 1.82) is 0 Å². The van der Waals surface area contributed by atoms with Crippen LogP contribution in [0.4, 0.5) is 0 Å². The standard InChI is InChI=1S/C54H83NO5/c1-3-5-7-9-11-13-15-17-19-20-21-22-23-24-25-26-28-30-32-34-36-41-45-49-54(59)60-51(47-43-39-37-40-44-48-52(56)55-50-53(57)58)46-42-38-35-33-31-29-27-18-16-14-12-10-8-6-4-2/h5-8,11-14,17-19,21-22,24-25,27-28,30-31,33-34,36,51H,3-4,9-10,15-16,20,23,26,29,32,35,37-50H2,1-2H3,(H,55,56)(H,57,58)/b7-5-,8-6-,13-11-,14-12-,19-17-,22-21-,25-24-,27-18-,30-28-,33-31-,36-34-. The second-order valence-electron chi connectivity index (χ2n) is 14.9. The number of unbranched alkanes of at least 4 members (excludes halogenated alkanes) is 7. The Balaban J connectivity index is 4.38. The minimum absolute atomic E-state index is 0.0552. The van der Waals surface area contributed by atoms with E-state index in [1.807, 2.05) is 0 Å². The number of carboxylic acids is 1. The highest BCUT2D eigenvalue weighted by atomic mass is 16.5. The van der Waals surface area contributed by atoms with E-state index in [9.17, 15) is 14.4 Å². The van der Waals surface area contributed by atoms with Gasteiger partial charge in [0.1, 0.15) is 12.6 Å². The third-order valence-corrected chi connectivity index (χ3v) is 9.32. The molecule has 0 radical (unpaired) electrons. The van der Waals surface area contributed by atoms with Gasteiger partial charge in [-0.1, -0.05) is 167 Å². The van der Waals surface area contributed by atoms with Crippen molar-refractivity contribution in [1.82, 2.24) is 5.32 Å². The number of hydrogen-bond acceptors (Lipinski definition) is 4. The van der Waals surface area contributed by atoms with Gasteiger partial charge in [0.15, 0.2) is 0 Å². The maximum absolute atomic E-state index is 12.8. The Morgan fingerprint density at radius 3 is 1.20 bits per heavy atom. The summed E-state index contributed by atoms with van der Waals surface area (Å²) < 4.78 is 6.00. The van der Waals surface area contributed by atoms with E-state index in [0.717, 1.165) is 148 Å². The predicted molar refractivity (Wildman–Crippen MR) is 258 cm³/mol. The maximum atomic E-state index is 12.8. The highest BCUT2D eigenvalue weighted by molar-refractivity contribution is 5.80. The number of amides is 1. The second-order valence-corrected chi connectivity index (χ2v) is 14.9. The fraction of sp³-hybridized carbons (Fsp3) is 0.537. The first-order chi connectivity index (χ1) is 29.5. The van der Waals surface area contributed by atoms with Gasteiger partial charge in [-0.05, 0) is 128 Å². The van der Waals surface area contributed by atoms with Crippen LogP contribution in [0.25, 0.3) is 0 Å². The fourth-order valence-corrected chi connectivity index (χ4v) is 5.96. The smallest absolute Gasteiger partial charge is 0.322 e. The van der Waals surface area contributed by atoms with Gasteiger partial charge in [-0.15, -0.1) is 0 Å². The summed E-state index contributed by atoms with van der Waals surface area (Å²) in [7, 11) is 0. The first-order valence-corrected chi connectivity index (χ1v) is 23.3. The number of ether oxygens (including phenoxy) is 1. The lowest BCUT2D eigenvalue weighted by atomic mass is 10.0. The summed E-state index contributed by atoms with van der Waals surface area (Å²) in [6.07, 6.45) is 71.5. The zero-order valence-electron chi connectivity index (χ0n) is 37.7. The molecule has 60 heavy (non-hydrogen) atoms. The normalized spacial score (nSPS) is 13.4. The molecule has 1 unspecified atom stereocenters. The van der Waals surface area contributed by atoms with Gasteiger partial charge in [0, 0.05) is 12.8 Å². The molecular formula is C54H83NO5. The van der Waals surface area contributed by atoms with E-state index < -0.39 is 5.97 Å². The number of allylic oxidation sites excluding steroid dienone is 22. The maximum Gasteiger partial charge on any atom is 0.322 e. The molecule has 6 nitrogen and oxygen atoms in total. The van der Waals surface area contributed by atoms with Crippen LogP contribution in [0.3, 0.4) is 0 Å². The molecule has 0 aromatic carbocycles. The van der Waals surface area contributed by atoms with Crippen molar-refractivity contribution in [3.05, 3.63) is 134 Å². The molecule has 0 aromatic heterocycles. The quantitative estimate of drug-likeness (QED) is 0.0365. The Bertz CT molecular complexity index is 1370. The van der Waals surface area contributed by atoms with E-state index >= 15 is 0 Å². The summed E-state index contributed by atoms with van der Waals surface area (Å²) in [5.74, 6) is -1.34. The largest absolute Gasteiger partial charge is 0.480 e. The SMILES string of the molecule is CC/C=C\C/C=C\C/C=C\C/C=C\C/C=C\C/C=C\C/C=C\CCCC(=O)OC(CCCC/C=C\C/C=C\C/C=C\C/C=C\CC)CCCCCCCC(=O)NCC(=O)O. The lowest BCUT2D eigenvalue weighted by molar-refractivity contribution is -0.150. The van der Waals surface area contributed by atoms with Gasteiger partial charge in [0.2, 0.25) is 5.91 Å². The molecule has 0 aliphatic heterocycles. The third kappa shape index (κ3) is 46.2. The van der Waals surface area contributed by atoms with Crippen LogP contribution in [-0.4, -0.2) is 35.6 Å². The number of esters is 1. The van der Waals surface area contributed by atoms with E-state index in [4.69, 9.17) is 9.84 Å². The molecule has 1 amide bonds. The third-order valence-electron chi connectivity index (χ3n) is 9.32. The van der Waals surface area contributed by atoms with Crippen molar-refractivity contribution in [3.8, 4) is 0 Å². The second kappa shape index (κ2) is 47.2. The summed E-state index contributed by atoms with van der Waals surface area (Å²) >= 11 is 0. The first-order valence-electron chi connectivity index (χ1n) is 23.3. The zero-order valence-corrected chi connectivity index (χ0v) is 37.7. The number of carbonyl (C=O) groups is 3. The van der Waals surface area contributed by atoms with Crippen molar-refractivity contribution >= 4 is 17.8 Å². The summed E-state index contributed by atoms with van der Waals surface area (Å²) in [4.78, 5) is 35.1. The monoisotopic (exact) mass is 826 g/mol. The topological polar surface area (TPSA) is 92.7 Å². The van der Waals surface area contributed by atoms with Crippen LogP contribution < -0.4 is 5.32 Å². The van der Waals surface area contributed by atoms with Gasteiger partial charge in [0.25, 0.3) is 0 Å². The van der Waals surface area contributed by atoms with Crippen molar-refractivity contribution in [3.63, 3.8) is 0 Å². The molecule has 334 valence electrons. The average molecular weight is 826 g/mol. The van der Waals surface area contributed by atoms with Crippen LogP contribution in [0.2, 0.25) is 0 Å². The van der Waals surface area contributed by atoms with Crippen LogP contribution in [0, 0.1) is 0 Å². The van der Waals surface area contributed by atoms with Crippen LogP contribution in [0.1, 0.15) is 174 Å². The highest BCUT2D eigenvalue weighted by Crippen LogP contribution is 2.17. The van der Waals surface area contributed by atoms with Gasteiger partial charge in [-0.2, -0.15) is 0 Å². The van der Waals surface area contributed by atoms with Gasteiger partial charge in [-0.25, -0.2) is 0 Å². The Kier molecular flexibility index (Phi) is 43.7. The van der Waals surface area contributed by atoms with E-state index in [2.05, 4.69) is 153 Å². The molecule has 2 N–H and O–H groups in total. The van der Waals surface area contributed by atoms with E-state index in [0.29, 0.717) is 12.8 Å². The Morgan fingerprint density at radius 1 is 0.433 bits per heavy atom. The number of carbonyl (C=O) groups excluding carboxylic acids is 2. The highest BCUT2D eigenvalue weighted by Gasteiger charge is 2.14. The number of aliphatic carboxylic acids is 1. The molecule has 0 bridgehead atoms. The molecule has 6 heteroatoms. The molecule has 0 heterocycles. The summed E-state index contributed by atoms with van der Waals surface area (Å²) in [6.45, 7) is 3.98. The molecular weight excluding hydrogens is 743 g/mol. The van der Waals surface area contributed by atoms with E-state index in [1.165, 1.54) is 0 Å². The van der Waals surface area contributed by atoms with E-state index in [1.54, 1.807) is 0 Å². The molecule has 1 atom stereocenters. The number of nitrogens with one attached hydrogen (secondary N) is 1. The summed E-state index contributed by atoms with van der Waals surface area (Å²) in [5.41, 5.74) is 0. The van der Waals surface area contributed by atoms with Gasteiger partial charge in [-0.3, -0.25) is 14.4 Å². The predicted octanol–water partition coefficient (Wildman–Crippen LogP) is 15.0. The number of hydrogen-bond donors (Lipinski definition) is 2. The molecule has 0 fully saturated rings. The van der Waals surface area contributed by atoms with Crippen LogP contribution in [0.5, 0.6) is 0 Å². The molecule has 0 aliphatic rings. The minimum Gasteiger partial charge on any atom is -0.480 e. The van der Waals surface area contributed by atoms with Crippen molar-refractivity contribution in [2.75, 3.05) is 6.54 Å². The molecule has 0 saturated heterocycles. The molecule has 0 spiro atoms. The molecule has 0 rings (SSSR count). The van der Waals surface area contributed by atoms with Crippen LogP contribution >= 0.6 is 0 Å². The average Bonchev–Trinajstić information content (AvgIpc) is 3.24. The Hall–Kier alpha value is -4.45. The van der Waals surface area contributed by atoms with Gasteiger partial charge in [0.05, 0.1) is 0 Å². The zero-order chi connectivity index (χ0) is 43.7. The van der Waals surface area contributed by atoms with Crippen molar-refractivity contribution in [2.24, 2.45) is 0 Å².